The normalized spacial score (nSPS) is 16.4. The van der Waals surface area contributed by atoms with Crippen LogP contribution in [0.1, 0.15) is 0 Å². The van der Waals surface area contributed by atoms with Crippen molar-refractivity contribution in [3.8, 4) is 5.75 Å². The summed E-state index contributed by atoms with van der Waals surface area (Å²) in [4.78, 5) is 1.60. The van der Waals surface area contributed by atoms with Crippen molar-refractivity contribution < 1.29 is 9.50 Å². The molecule has 1 aliphatic rings. The maximum atomic E-state index is 12.9. The van der Waals surface area contributed by atoms with Crippen molar-refractivity contribution in [2.45, 2.75) is 0 Å². The summed E-state index contributed by atoms with van der Waals surface area (Å²) in [5, 5.41) is 17.4. The van der Waals surface area contributed by atoms with Gasteiger partial charge in [0.15, 0.2) is 5.17 Å². The number of nitrogens with zero attached hydrogens (tertiary/aromatic N) is 1. The lowest BCUT2D eigenvalue weighted by Crippen LogP contribution is -2.22. The predicted octanol–water partition coefficient (Wildman–Crippen LogP) is 2.02. The Kier molecular flexibility index (Phi) is 2.33. The summed E-state index contributed by atoms with van der Waals surface area (Å²) < 4.78 is 12.9. The van der Waals surface area contributed by atoms with Crippen LogP contribution < -0.4 is 4.90 Å². The lowest BCUT2D eigenvalue weighted by Gasteiger charge is -2.17. The number of halogens is 1. The Labute approximate surface area is 85.0 Å². The molecular formula is C9H9FN2OS. The second-order valence-corrected chi connectivity index (χ2v) is 4.02. The molecule has 0 saturated carbocycles. The Morgan fingerprint density at radius 1 is 1.50 bits per heavy atom. The highest BCUT2D eigenvalue weighted by atomic mass is 32.2. The van der Waals surface area contributed by atoms with Crippen LogP contribution in [0.25, 0.3) is 0 Å². The topological polar surface area (TPSA) is 47.3 Å². The van der Waals surface area contributed by atoms with Gasteiger partial charge in [0, 0.05) is 18.4 Å². The van der Waals surface area contributed by atoms with Crippen molar-refractivity contribution in [1.82, 2.24) is 0 Å². The number of amidine groups is 1. The molecule has 0 aromatic heterocycles. The summed E-state index contributed by atoms with van der Waals surface area (Å²) in [6.45, 7) is 0.639. The monoisotopic (exact) mass is 212 g/mol. The van der Waals surface area contributed by atoms with E-state index in [-0.39, 0.29) is 5.75 Å². The molecule has 5 heteroatoms. The van der Waals surface area contributed by atoms with Gasteiger partial charge in [0.2, 0.25) is 0 Å². The fourth-order valence-corrected chi connectivity index (χ4v) is 2.17. The minimum atomic E-state index is -0.400. The Morgan fingerprint density at radius 2 is 2.29 bits per heavy atom. The first-order chi connectivity index (χ1) is 6.68. The lowest BCUT2D eigenvalue weighted by atomic mass is 10.2. The van der Waals surface area contributed by atoms with Crippen molar-refractivity contribution in [2.24, 2.45) is 0 Å². The molecule has 0 spiro atoms. The number of hydrogen-bond acceptors (Lipinski definition) is 3. The summed E-state index contributed by atoms with van der Waals surface area (Å²) in [6, 6.07) is 3.75. The number of rotatable bonds is 1. The number of benzene rings is 1. The molecule has 0 amide bonds. The smallest absolute Gasteiger partial charge is 0.161 e. The molecule has 0 unspecified atom stereocenters. The second-order valence-electron chi connectivity index (χ2n) is 2.94. The summed E-state index contributed by atoms with van der Waals surface area (Å²) in [5.41, 5.74) is 0.375. The highest BCUT2D eigenvalue weighted by Gasteiger charge is 2.22. The van der Waals surface area contributed by atoms with Crippen LogP contribution in [0.5, 0.6) is 5.75 Å². The minimum absolute atomic E-state index is 0.0126. The summed E-state index contributed by atoms with van der Waals surface area (Å²) in [7, 11) is 0. The molecule has 1 saturated heterocycles. The Morgan fingerprint density at radius 3 is 2.93 bits per heavy atom. The van der Waals surface area contributed by atoms with Crippen molar-refractivity contribution >= 4 is 22.6 Å². The minimum Gasteiger partial charge on any atom is -0.506 e. The van der Waals surface area contributed by atoms with E-state index in [1.165, 1.54) is 30.0 Å². The number of thioether (sulfide) groups is 1. The molecule has 0 bridgehead atoms. The number of phenols is 1. The van der Waals surface area contributed by atoms with E-state index in [1.54, 1.807) is 4.90 Å². The van der Waals surface area contributed by atoms with Crippen LogP contribution in [0.3, 0.4) is 0 Å². The van der Waals surface area contributed by atoms with Crippen molar-refractivity contribution in [3.05, 3.63) is 24.0 Å². The van der Waals surface area contributed by atoms with E-state index in [0.717, 1.165) is 5.75 Å². The average molecular weight is 212 g/mol. The molecule has 1 aliphatic heterocycles. The van der Waals surface area contributed by atoms with E-state index in [4.69, 9.17) is 5.41 Å². The largest absolute Gasteiger partial charge is 0.506 e. The first kappa shape index (κ1) is 9.33. The number of nitrogens with one attached hydrogen (secondary N) is 1. The van der Waals surface area contributed by atoms with Gasteiger partial charge in [-0.3, -0.25) is 5.41 Å². The zero-order valence-corrected chi connectivity index (χ0v) is 8.14. The van der Waals surface area contributed by atoms with Gasteiger partial charge in [-0.05, 0) is 12.1 Å². The molecule has 1 fully saturated rings. The quantitative estimate of drug-likeness (QED) is 0.748. The third kappa shape index (κ3) is 1.55. The zero-order chi connectivity index (χ0) is 10.1. The van der Waals surface area contributed by atoms with Crippen LogP contribution in [-0.2, 0) is 0 Å². The van der Waals surface area contributed by atoms with E-state index in [0.29, 0.717) is 17.4 Å². The van der Waals surface area contributed by atoms with Gasteiger partial charge in [-0.2, -0.15) is 0 Å². The Balaban J connectivity index is 2.39. The number of anilines is 1. The molecule has 3 nitrogen and oxygen atoms in total. The zero-order valence-electron chi connectivity index (χ0n) is 7.33. The van der Waals surface area contributed by atoms with Crippen molar-refractivity contribution in [3.63, 3.8) is 0 Å². The highest BCUT2D eigenvalue weighted by Crippen LogP contribution is 2.32. The maximum absolute atomic E-state index is 12.9. The van der Waals surface area contributed by atoms with Crippen molar-refractivity contribution in [1.29, 1.82) is 5.41 Å². The lowest BCUT2D eigenvalue weighted by molar-refractivity contribution is 0.474. The fraction of sp³-hybridized carbons (Fsp3) is 0.222. The SMILES string of the molecule is N=C1SCCN1c1cc(F)ccc1O. The molecule has 0 atom stereocenters. The van der Waals surface area contributed by atoms with Gasteiger partial charge in [0.05, 0.1) is 5.69 Å². The molecule has 0 radical (unpaired) electrons. The van der Waals surface area contributed by atoms with E-state index in [9.17, 15) is 9.50 Å². The van der Waals surface area contributed by atoms with Crippen LogP contribution in [0.2, 0.25) is 0 Å². The van der Waals surface area contributed by atoms with E-state index in [1.807, 2.05) is 0 Å². The van der Waals surface area contributed by atoms with Gasteiger partial charge in [-0.25, -0.2) is 4.39 Å². The van der Waals surface area contributed by atoms with Crippen LogP contribution in [0, 0.1) is 11.2 Å². The highest BCUT2D eigenvalue weighted by molar-refractivity contribution is 8.14. The Hall–Kier alpha value is -1.23. The van der Waals surface area contributed by atoms with Gasteiger partial charge in [0.25, 0.3) is 0 Å². The third-order valence-corrected chi connectivity index (χ3v) is 2.91. The molecular weight excluding hydrogens is 203 g/mol. The van der Waals surface area contributed by atoms with Crippen LogP contribution in [-0.4, -0.2) is 22.6 Å². The van der Waals surface area contributed by atoms with Gasteiger partial charge < -0.3 is 10.0 Å². The summed E-state index contributed by atoms with van der Waals surface area (Å²) in [6.07, 6.45) is 0. The van der Waals surface area contributed by atoms with Crippen molar-refractivity contribution in [2.75, 3.05) is 17.2 Å². The van der Waals surface area contributed by atoms with Gasteiger partial charge in [-0.15, -0.1) is 0 Å². The van der Waals surface area contributed by atoms with Crippen LogP contribution in [0.15, 0.2) is 18.2 Å². The predicted molar refractivity (Wildman–Crippen MR) is 55.6 cm³/mol. The molecule has 1 heterocycles. The molecule has 14 heavy (non-hydrogen) atoms. The first-order valence-corrected chi connectivity index (χ1v) is 5.14. The molecule has 0 aliphatic carbocycles. The van der Waals surface area contributed by atoms with E-state index in [2.05, 4.69) is 0 Å². The fourth-order valence-electron chi connectivity index (χ4n) is 1.36. The molecule has 2 N–H and O–H groups in total. The van der Waals surface area contributed by atoms with E-state index < -0.39 is 5.82 Å². The van der Waals surface area contributed by atoms with E-state index >= 15 is 0 Å². The maximum Gasteiger partial charge on any atom is 0.161 e. The van der Waals surface area contributed by atoms with Crippen LogP contribution in [0.4, 0.5) is 10.1 Å². The number of phenolic OH excluding ortho intramolecular Hbond substituents is 1. The van der Waals surface area contributed by atoms with Gasteiger partial charge in [0.1, 0.15) is 11.6 Å². The average Bonchev–Trinajstić information content (AvgIpc) is 2.56. The van der Waals surface area contributed by atoms with Gasteiger partial charge >= 0.3 is 0 Å². The second kappa shape index (κ2) is 3.49. The standard InChI is InChI=1S/C9H9FN2OS/c10-6-1-2-8(13)7(5-6)12-3-4-14-9(12)11/h1-2,5,11,13H,3-4H2. The molecule has 74 valence electrons. The number of hydrogen-bond donors (Lipinski definition) is 2. The molecule has 2 rings (SSSR count). The first-order valence-electron chi connectivity index (χ1n) is 4.16. The van der Waals surface area contributed by atoms with Crippen LogP contribution >= 0.6 is 11.8 Å². The summed E-state index contributed by atoms with van der Waals surface area (Å²) in [5.74, 6) is 0.413. The molecule has 1 aromatic carbocycles. The third-order valence-electron chi connectivity index (χ3n) is 2.03. The summed E-state index contributed by atoms with van der Waals surface area (Å²) >= 11 is 1.39. The van der Waals surface area contributed by atoms with Gasteiger partial charge in [-0.1, -0.05) is 11.8 Å². The number of aromatic hydroxyl groups is 1. The Bertz CT molecular complexity index is 383. The molecule has 1 aromatic rings.